The smallest absolute Gasteiger partial charge is 0.237 e. The van der Waals surface area contributed by atoms with Crippen LogP contribution in [0.5, 0.6) is 0 Å². The normalized spacial score (nSPS) is 24.2. The fourth-order valence-corrected chi connectivity index (χ4v) is 4.27. The largest absolute Gasteiger partial charge is 0.391 e. The standard InChI is InChI=1S/C21H28N4O3/c1-13(25-12-11-17(26)19(25)20(22)27)15-6-8-16(9-7-15)21-23-18(28-24-21)10-5-14-3-2-4-14/h6-9,13-14,17,19,26H,2-5,10-12H2,1H3,(H2,22,27)/t13-,17?,19?/m0/s1. The van der Waals surface area contributed by atoms with E-state index in [-0.39, 0.29) is 6.04 Å². The van der Waals surface area contributed by atoms with Crippen molar-refractivity contribution in [1.82, 2.24) is 15.0 Å². The van der Waals surface area contributed by atoms with Crippen molar-refractivity contribution >= 4 is 5.91 Å². The van der Waals surface area contributed by atoms with Crippen LogP contribution >= 0.6 is 0 Å². The van der Waals surface area contributed by atoms with Crippen LogP contribution < -0.4 is 5.73 Å². The van der Waals surface area contributed by atoms with Crippen molar-refractivity contribution in [2.75, 3.05) is 6.54 Å². The molecule has 2 aromatic rings. The highest BCUT2D eigenvalue weighted by molar-refractivity contribution is 5.81. The maximum atomic E-state index is 11.7. The molecule has 2 unspecified atom stereocenters. The molecule has 3 N–H and O–H groups in total. The van der Waals surface area contributed by atoms with Gasteiger partial charge in [-0.3, -0.25) is 9.69 Å². The number of aromatic nitrogens is 2. The average molecular weight is 384 g/mol. The first-order valence-electron chi connectivity index (χ1n) is 10.2. The highest BCUT2D eigenvalue weighted by Crippen LogP contribution is 2.32. The third kappa shape index (κ3) is 3.82. The number of nitrogens with zero attached hydrogens (tertiary/aromatic N) is 3. The minimum absolute atomic E-state index is 0.0213. The second kappa shape index (κ2) is 8.01. The predicted molar refractivity (Wildman–Crippen MR) is 104 cm³/mol. The molecule has 1 saturated heterocycles. The van der Waals surface area contributed by atoms with Crippen molar-refractivity contribution in [3.63, 3.8) is 0 Å². The lowest BCUT2D eigenvalue weighted by Crippen LogP contribution is -2.46. The third-order valence-corrected chi connectivity index (χ3v) is 6.30. The van der Waals surface area contributed by atoms with Gasteiger partial charge in [0.25, 0.3) is 0 Å². The number of rotatable bonds is 7. The number of amides is 1. The lowest BCUT2D eigenvalue weighted by atomic mass is 9.82. The van der Waals surface area contributed by atoms with E-state index < -0.39 is 18.1 Å². The van der Waals surface area contributed by atoms with E-state index in [0.29, 0.717) is 24.7 Å². The molecule has 7 nitrogen and oxygen atoms in total. The molecule has 3 atom stereocenters. The number of carbonyl (C=O) groups is 1. The summed E-state index contributed by atoms with van der Waals surface area (Å²) in [5.74, 6) is 1.66. The monoisotopic (exact) mass is 384 g/mol. The van der Waals surface area contributed by atoms with Crippen LogP contribution in [-0.2, 0) is 11.2 Å². The molecular weight excluding hydrogens is 356 g/mol. The Kier molecular flexibility index (Phi) is 5.46. The van der Waals surface area contributed by atoms with Crippen molar-refractivity contribution in [3.8, 4) is 11.4 Å². The summed E-state index contributed by atoms with van der Waals surface area (Å²) in [6.45, 7) is 2.67. The fourth-order valence-electron chi connectivity index (χ4n) is 4.27. The molecule has 1 aromatic heterocycles. The molecule has 2 aliphatic rings. The zero-order chi connectivity index (χ0) is 19.7. The van der Waals surface area contributed by atoms with Gasteiger partial charge in [0.1, 0.15) is 6.04 Å². The lowest BCUT2D eigenvalue weighted by Gasteiger charge is -2.30. The van der Waals surface area contributed by atoms with Crippen LogP contribution in [0.4, 0.5) is 0 Å². The molecule has 2 heterocycles. The van der Waals surface area contributed by atoms with Crippen molar-refractivity contribution in [3.05, 3.63) is 35.7 Å². The Morgan fingerprint density at radius 3 is 2.71 bits per heavy atom. The molecule has 2 fully saturated rings. The van der Waals surface area contributed by atoms with Crippen LogP contribution in [0.1, 0.15) is 56.5 Å². The minimum atomic E-state index is -0.697. The molecule has 0 spiro atoms. The first kappa shape index (κ1) is 19.1. The summed E-state index contributed by atoms with van der Waals surface area (Å²) in [7, 11) is 0. The van der Waals surface area contributed by atoms with Crippen LogP contribution in [0.3, 0.4) is 0 Å². The number of aryl methyl sites for hydroxylation is 1. The Hall–Kier alpha value is -2.25. The molecule has 7 heteroatoms. The fraction of sp³-hybridized carbons (Fsp3) is 0.571. The first-order chi connectivity index (χ1) is 13.5. The van der Waals surface area contributed by atoms with Gasteiger partial charge in [-0.05, 0) is 31.2 Å². The molecular formula is C21H28N4O3. The molecule has 28 heavy (non-hydrogen) atoms. The quantitative estimate of drug-likeness (QED) is 0.760. The van der Waals surface area contributed by atoms with Gasteiger partial charge in [-0.2, -0.15) is 4.98 Å². The van der Waals surface area contributed by atoms with Gasteiger partial charge in [-0.1, -0.05) is 48.7 Å². The number of hydrogen-bond acceptors (Lipinski definition) is 6. The van der Waals surface area contributed by atoms with Gasteiger partial charge < -0.3 is 15.4 Å². The van der Waals surface area contributed by atoms with Crippen LogP contribution in [0.25, 0.3) is 11.4 Å². The number of aliphatic hydroxyl groups is 1. The summed E-state index contributed by atoms with van der Waals surface area (Å²) < 4.78 is 5.40. The number of carbonyl (C=O) groups excluding carboxylic acids is 1. The van der Waals surface area contributed by atoms with E-state index in [2.05, 4.69) is 10.1 Å². The Morgan fingerprint density at radius 1 is 1.32 bits per heavy atom. The highest BCUT2D eigenvalue weighted by atomic mass is 16.5. The Balaban J connectivity index is 1.42. The summed E-state index contributed by atoms with van der Waals surface area (Å²) >= 11 is 0. The molecule has 1 aliphatic heterocycles. The van der Waals surface area contributed by atoms with Gasteiger partial charge in [-0.25, -0.2) is 0 Å². The second-order valence-electron chi connectivity index (χ2n) is 8.09. The van der Waals surface area contributed by atoms with Crippen molar-refractivity contribution in [2.24, 2.45) is 11.7 Å². The molecule has 0 radical (unpaired) electrons. The maximum absolute atomic E-state index is 11.7. The molecule has 1 amide bonds. The summed E-state index contributed by atoms with van der Waals surface area (Å²) in [6, 6.07) is 7.30. The number of benzene rings is 1. The Labute approximate surface area is 164 Å². The van der Waals surface area contributed by atoms with Gasteiger partial charge >= 0.3 is 0 Å². The molecule has 1 aromatic carbocycles. The van der Waals surface area contributed by atoms with E-state index in [4.69, 9.17) is 10.3 Å². The van der Waals surface area contributed by atoms with Gasteiger partial charge in [-0.15, -0.1) is 0 Å². The van der Waals surface area contributed by atoms with Gasteiger partial charge in [0.15, 0.2) is 0 Å². The minimum Gasteiger partial charge on any atom is -0.391 e. The van der Waals surface area contributed by atoms with Gasteiger partial charge in [0.05, 0.1) is 6.10 Å². The molecule has 150 valence electrons. The van der Waals surface area contributed by atoms with E-state index >= 15 is 0 Å². The summed E-state index contributed by atoms with van der Waals surface area (Å²) in [5.41, 5.74) is 7.44. The highest BCUT2D eigenvalue weighted by Gasteiger charge is 2.39. The third-order valence-electron chi connectivity index (χ3n) is 6.30. The second-order valence-corrected chi connectivity index (χ2v) is 8.09. The van der Waals surface area contributed by atoms with E-state index in [1.54, 1.807) is 0 Å². The van der Waals surface area contributed by atoms with Crippen molar-refractivity contribution < 1.29 is 14.4 Å². The van der Waals surface area contributed by atoms with Gasteiger partial charge in [0.2, 0.25) is 17.6 Å². The number of likely N-dealkylation sites (tertiary alicyclic amines) is 1. The summed E-state index contributed by atoms with van der Waals surface area (Å²) in [6.07, 6.45) is 5.83. The van der Waals surface area contributed by atoms with E-state index in [9.17, 15) is 9.90 Å². The van der Waals surface area contributed by atoms with Gasteiger partial charge in [0, 0.05) is 24.6 Å². The zero-order valence-corrected chi connectivity index (χ0v) is 16.3. The Morgan fingerprint density at radius 2 is 2.07 bits per heavy atom. The van der Waals surface area contributed by atoms with Crippen LogP contribution in [0.15, 0.2) is 28.8 Å². The van der Waals surface area contributed by atoms with Crippen molar-refractivity contribution in [2.45, 2.75) is 63.6 Å². The van der Waals surface area contributed by atoms with Crippen LogP contribution in [0, 0.1) is 5.92 Å². The predicted octanol–water partition coefficient (Wildman–Crippen LogP) is 2.45. The summed E-state index contributed by atoms with van der Waals surface area (Å²) in [4.78, 5) is 18.2. The number of nitrogens with two attached hydrogens (primary N) is 1. The first-order valence-corrected chi connectivity index (χ1v) is 10.2. The lowest BCUT2D eigenvalue weighted by molar-refractivity contribution is -0.125. The zero-order valence-electron chi connectivity index (χ0n) is 16.3. The van der Waals surface area contributed by atoms with Crippen LogP contribution in [0.2, 0.25) is 0 Å². The number of aliphatic hydroxyl groups excluding tert-OH is 1. The molecule has 1 saturated carbocycles. The van der Waals surface area contributed by atoms with E-state index in [0.717, 1.165) is 29.9 Å². The van der Waals surface area contributed by atoms with E-state index in [1.807, 2.05) is 36.1 Å². The maximum Gasteiger partial charge on any atom is 0.237 e. The molecule has 4 rings (SSSR count). The number of primary amides is 1. The topological polar surface area (TPSA) is 105 Å². The van der Waals surface area contributed by atoms with Crippen LogP contribution in [-0.4, -0.2) is 44.7 Å². The van der Waals surface area contributed by atoms with Crippen molar-refractivity contribution in [1.29, 1.82) is 0 Å². The van der Waals surface area contributed by atoms with E-state index in [1.165, 1.54) is 19.3 Å². The average Bonchev–Trinajstić information content (AvgIpc) is 3.27. The number of hydrogen-bond donors (Lipinski definition) is 2. The molecule has 1 aliphatic carbocycles. The SMILES string of the molecule is C[C@@H](c1ccc(-c2noc(CCC3CCC3)n2)cc1)N1CCC(O)C1C(N)=O. The molecule has 0 bridgehead atoms. The Bertz CT molecular complexity index is 815. The summed E-state index contributed by atoms with van der Waals surface area (Å²) in [5, 5.41) is 14.2.